The second-order valence-corrected chi connectivity index (χ2v) is 7.90. The molecule has 0 aromatic heterocycles. The predicted molar refractivity (Wildman–Crippen MR) is 121 cm³/mol. The van der Waals surface area contributed by atoms with Crippen LogP contribution in [0.25, 0.3) is 0 Å². The second kappa shape index (κ2) is 11.3. The fourth-order valence-electron chi connectivity index (χ4n) is 3.59. The van der Waals surface area contributed by atoms with E-state index in [4.69, 9.17) is 9.47 Å². The predicted octanol–water partition coefficient (Wildman–Crippen LogP) is 3.34. The number of benzene rings is 2. The number of ether oxygens (including phenoxy) is 2. The average molecular weight is 453 g/mol. The average Bonchev–Trinajstić information content (AvgIpc) is 3.23. The van der Waals surface area contributed by atoms with Gasteiger partial charge in [0.25, 0.3) is 5.91 Å². The van der Waals surface area contributed by atoms with Gasteiger partial charge in [0.05, 0.1) is 24.1 Å². The zero-order valence-electron chi connectivity index (χ0n) is 18.8. The molecule has 3 rings (SSSR count). The van der Waals surface area contributed by atoms with Gasteiger partial charge >= 0.3 is 11.9 Å². The van der Waals surface area contributed by atoms with Crippen molar-refractivity contribution in [2.24, 2.45) is 5.92 Å². The van der Waals surface area contributed by atoms with Crippen LogP contribution in [-0.2, 0) is 23.9 Å². The Hall–Kier alpha value is -3.68. The third-order valence-corrected chi connectivity index (χ3v) is 5.43. The molecule has 0 bridgehead atoms. The largest absolute Gasteiger partial charge is 0.462 e. The third kappa shape index (κ3) is 6.41. The highest BCUT2D eigenvalue weighted by atomic mass is 16.5. The van der Waals surface area contributed by atoms with Crippen LogP contribution >= 0.6 is 0 Å². The van der Waals surface area contributed by atoms with Gasteiger partial charge in [-0.25, -0.2) is 4.79 Å². The van der Waals surface area contributed by atoms with E-state index in [0.29, 0.717) is 17.9 Å². The maximum absolute atomic E-state index is 12.4. The van der Waals surface area contributed by atoms with E-state index in [1.54, 1.807) is 29.2 Å². The van der Waals surface area contributed by atoms with Crippen molar-refractivity contribution in [2.75, 3.05) is 25.1 Å². The summed E-state index contributed by atoms with van der Waals surface area (Å²) in [5.41, 5.74) is 1.83. The molecule has 8 heteroatoms. The summed E-state index contributed by atoms with van der Waals surface area (Å²) in [4.78, 5) is 50.5. The molecule has 1 N–H and O–H groups in total. The molecule has 0 saturated carbocycles. The molecular formula is C25H28N2O6. The van der Waals surface area contributed by atoms with Crippen molar-refractivity contribution in [3.63, 3.8) is 0 Å². The summed E-state index contributed by atoms with van der Waals surface area (Å²) in [5.74, 6) is -2.23. The first-order chi connectivity index (χ1) is 15.9. The number of esters is 2. The van der Waals surface area contributed by atoms with E-state index in [-0.39, 0.29) is 24.9 Å². The number of carbonyl (C=O) groups is 4. The van der Waals surface area contributed by atoms with Crippen molar-refractivity contribution in [1.82, 2.24) is 4.90 Å². The molecule has 0 spiro atoms. The number of rotatable bonds is 9. The number of hydrogen-bond acceptors (Lipinski definition) is 6. The minimum absolute atomic E-state index is 0.0627. The van der Waals surface area contributed by atoms with E-state index >= 15 is 0 Å². The van der Waals surface area contributed by atoms with Gasteiger partial charge in [-0.05, 0) is 43.2 Å². The molecule has 8 nitrogen and oxygen atoms in total. The molecular weight excluding hydrogens is 424 g/mol. The lowest BCUT2D eigenvalue weighted by molar-refractivity contribution is -0.151. The monoisotopic (exact) mass is 452 g/mol. The Balaban J connectivity index is 1.46. The van der Waals surface area contributed by atoms with Crippen LogP contribution in [0.4, 0.5) is 5.69 Å². The van der Waals surface area contributed by atoms with Crippen LogP contribution in [0.15, 0.2) is 54.6 Å². The Bertz CT molecular complexity index is 990. The second-order valence-electron chi connectivity index (χ2n) is 7.90. The molecule has 33 heavy (non-hydrogen) atoms. The highest BCUT2D eigenvalue weighted by Gasteiger charge is 2.38. The van der Waals surface area contributed by atoms with Gasteiger partial charge in [-0.3, -0.25) is 14.4 Å². The lowest BCUT2D eigenvalue weighted by Gasteiger charge is -2.25. The van der Waals surface area contributed by atoms with Crippen molar-refractivity contribution in [3.8, 4) is 0 Å². The van der Waals surface area contributed by atoms with E-state index in [0.717, 1.165) is 12.0 Å². The van der Waals surface area contributed by atoms with E-state index in [1.807, 2.05) is 44.2 Å². The van der Waals surface area contributed by atoms with Crippen LogP contribution in [0.3, 0.4) is 0 Å². The number of amides is 2. The Morgan fingerprint density at radius 2 is 1.76 bits per heavy atom. The SMILES string of the molecule is CCCOC(=O)c1ccc(NC(=O)COC(=O)[C@H]2CC(=O)N([C@@H](C)c3ccccc3)C2)cc1. The highest BCUT2D eigenvalue weighted by Crippen LogP contribution is 2.29. The zero-order chi connectivity index (χ0) is 23.8. The number of nitrogens with one attached hydrogen (secondary N) is 1. The normalized spacial score (nSPS) is 16.2. The van der Waals surface area contributed by atoms with Crippen molar-refractivity contribution in [3.05, 3.63) is 65.7 Å². The van der Waals surface area contributed by atoms with Crippen LogP contribution in [0, 0.1) is 5.92 Å². The first kappa shape index (κ1) is 24.0. The van der Waals surface area contributed by atoms with Gasteiger partial charge in [0.2, 0.25) is 5.91 Å². The zero-order valence-corrected chi connectivity index (χ0v) is 18.8. The van der Waals surface area contributed by atoms with Crippen molar-refractivity contribution in [1.29, 1.82) is 0 Å². The van der Waals surface area contributed by atoms with Crippen LogP contribution in [0.5, 0.6) is 0 Å². The molecule has 174 valence electrons. The molecule has 0 aliphatic carbocycles. The summed E-state index contributed by atoms with van der Waals surface area (Å²) in [7, 11) is 0. The lowest BCUT2D eigenvalue weighted by Crippen LogP contribution is -2.30. The Labute approximate surface area is 192 Å². The molecule has 1 aliphatic rings. The summed E-state index contributed by atoms with van der Waals surface area (Å²) in [6, 6.07) is 15.7. The summed E-state index contributed by atoms with van der Waals surface area (Å²) in [6.07, 6.45) is 0.797. The molecule has 2 amide bonds. The summed E-state index contributed by atoms with van der Waals surface area (Å²) in [5, 5.41) is 2.61. The van der Waals surface area contributed by atoms with Crippen LogP contribution in [-0.4, -0.2) is 48.4 Å². The fourth-order valence-corrected chi connectivity index (χ4v) is 3.59. The number of likely N-dealkylation sites (tertiary alicyclic amines) is 1. The van der Waals surface area contributed by atoms with Crippen molar-refractivity contribution in [2.45, 2.75) is 32.7 Å². The van der Waals surface area contributed by atoms with Gasteiger partial charge in [0.15, 0.2) is 6.61 Å². The molecule has 0 radical (unpaired) electrons. The summed E-state index contributed by atoms with van der Waals surface area (Å²) in [6.45, 7) is 3.97. The van der Waals surface area contributed by atoms with E-state index < -0.39 is 30.4 Å². The minimum atomic E-state index is -0.607. The molecule has 1 heterocycles. The standard InChI is InChI=1S/C25H28N2O6/c1-3-13-32-24(30)19-9-11-21(12-10-19)26-22(28)16-33-25(31)20-14-23(29)27(15-20)17(2)18-7-5-4-6-8-18/h4-12,17,20H,3,13-16H2,1-2H3,(H,26,28)/t17-,20-/m0/s1. The lowest BCUT2D eigenvalue weighted by atomic mass is 10.1. The molecule has 2 aromatic carbocycles. The van der Waals surface area contributed by atoms with Gasteiger partial charge in [-0.15, -0.1) is 0 Å². The number of anilines is 1. The van der Waals surface area contributed by atoms with E-state index in [1.165, 1.54) is 0 Å². The molecule has 1 saturated heterocycles. The van der Waals surface area contributed by atoms with Gasteiger partial charge in [-0.1, -0.05) is 37.3 Å². The fraction of sp³-hybridized carbons (Fsp3) is 0.360. The number of nitrogens with zero attached hydrogens (tertiary/aromatic N) is 1. The molecule has 1 aliphatic heterocycles. The first-order valence-electron chi connectivity index (χ1n) is 11.0. The smallest absolute Gasteiger partial charge is 0.338 e. The molecule has 1 fully saturated rings. The van der Waals surface area contributed by atoms with Gasteiger partial charge in [0, 0.05) is 18.7 Å². The van der Waals surface area contributed by atoms with E-state index in [2.05, 4.69) is 5.32 Å². The highest BCUT2D eigenvalue weighted by molar-refractivity contribution is 5.95. The van der Waals surface area contributed by atoms with Gasteiger partial charge < -0.3 is 19.7 Å². The Morgan fingerprint density at radius 1 is 1.06 bits per heavy atom. The third-order valence-electron chi connectivity index (χ3n) is 5.43. The van der Waals surface area contributed by atoms with E-state index in [9.17, 15) is 19.2 Å². The minimum Gasteiger partial charge on any atom is -0.462 e. The summed E-state index contributed by atoms with van der Waals surface area (Å²) < 4.78 is 10.2. The van der Waals surface area contributed by atoms with Gasteiger partial charge in [0.1, 0.15) is 0 Å². The summed E-state index contributed by atoms with van der Waals surface area (Å²) >= 11 is 0. The van der Waals surface area contributed by atoms with Crippen LogP contribution < -0.4 is 5.32 Å². The quantitative estimate of drug-likeness (QED) is 0.586. The Morgan fingerprint density at radius 3 is 2.42 bits per heavy atom. The van der Waals surface area contributed by atoms with Gasteiger partial charge in [-0.2, -0.15) is 0 Å². The molecule has 0 unspecified atom stereocenters. The van der Waals surface area contributed by atoms with Crippen LogP contribution in [0.2, 0.25) is 0 Å². The Kier molecular flexibility index (Phi) is 8.18. The van der Waals surface area contributed by atoms with Crippen molar-refractivity contribution >= 4 is 29.4 Å². The molecule has 2 aromatic rings. The topological polar surface area (TPSA) is 102 Å². The van der Waals surface area contributed by atoms with Crippen molar-refractivity contribution < 1.29 is 28.7 Å². The van der Waals surface area contributed by atoms with Crippen LogP contribution in [0.1, 0.15) is 48.7 Å². The molecule has 2 atom stereocenters. The number of hydrogen-bond donors (Lipinski definition) is 1. The maximum Gasteiger partial charge on any atom is 0.338 e. The first-order valence-corrected chi connectivity index (χ1v) is 11.0. The number of carbonyl (C=O) groups excluding carboxylic acids is 4. The maximum atomic E-state index is 12.4.